The number of morpholine rings is 1. The van der Waals surface area contributed by atoms with Crippen LogP contribution in [-0.4, -0.2) is 43.7 Å². The molecular weight excluding hydrogens is 464 g/mol. The SMILES string of the molecule is C[C@H](NC(=O)COc1ccc(-c2csc3ccccc23)cc1CN1CCOCC1)c1cccs1. The van der Waals surface area contributed by atoms with Crippen molar-refractivity contribution in [2.24, 2.45) is 0 Å². The fourth-order valence-electron chi connectivity index (χ4n) is 4.25. The lowest BCUT2D eigenvalue weighted by atomic mass is 10.0. The number of benzene rings is 2. The lowest BCUT2D eigenvalue weighted by Gasteiger charge is -2.27. The van der Waals surface area contributed by atoms with Crippen molar-refractivity contribution >= 4 is 38.7 Å². The van der Waals surface area contributed by atoms with Crippen LogP contribution in [0.3, 0.4) is 0 Å². The highest BCUT2D eigenvalue weighted by Crippen LogP contribution is 2.36. The van der Waals surface area contributed by atoms with Gasteiger partial charge in [0.1, 0.15) is 5.75 Å². The Morgan fingerprint density at radius 1 is 1.12 bits per heavy atom. The van der Waals surface area contributed by atoms with Gasteiger partial charge >= 0.3 is 0 Å². The van der Waals surface area contributed by atoms with Crippen LogP contribution in [0.15, 0.2) is 65.4 Å². The monoisotopic (exact) mass is 492 g/mol. The lowest BCUT2D eigenvalue weighted by Crippen LogP contribution is -2.36. The Bertz CT molecular complexity index is 1250. The number of fused-ring (bicyclic) bond motifs is 1. The number of nitrogens with one attached hydrogen (secondary N) is 1. The molecular formula is C27H28N2O3S2. The van der Waals surface area contributed by atoms with Gasteiger partial charge in [0.05, 0.1) is 19.3 Å². The van der Waals surface area contributed by atoms with Gasteiger partial charge in [-0.2, -0.15) is 0 Å². The van der Waals surface area contributed by atoms with Crippen LogP contribution in [0, 0.1) is 0 Å². The van der Waals surface area contributed by atoms with Crippen LogP contribution in [0.4, 0.5) is 0 Å². The van der Waals surface area contributed by atoms with Gasteiger partial charge in [-0.3, -0.25) is 9.69 Å². The molecule has 1 amide bonds. The highest BCUT2D eigenvalue weighted by atomic mass is 32.1. The van der Waals surface area contributed by atoms with E-state index < -0.39 is 0 Å². The van der Waals surface area contributed by atoms with Gasteiger partial charge in [0, 0.05) is 45.7 Å². The molecule has 34 heavy (non-hydrogen) atoms. The zero-order valence-electron chi connectivity index (χ0n) is 19.2. The number of rotatable bonds is 8. The number of hydrogen-bond donors (Lipinski definition) is 1. The fourth-order valence-corrected chi connectivity index (χ4v) is 5.95. The number of carbonyl (C=O) groups excluding carboxylic acids is 1. The number of ether oxygens (including phenoxy) is 2. The molecule has 1 N–H and O–H groups in total. The maximum atomic E-state index is 12.6. The largest absolute Gasteiger partial charge is 0.483 e. The van der Waals surface area contributed by atoms with Crippen molar-refractivity contribution in [1.29, 1.82) is 0 Å². The van der Waals surface area contributed by atoms with E-state index in [1.165, 1.54) is 21.2 Å². The van der Waals surface area contributed by atoms with E-state index in [0.717, 1.165) is 49.0 Å². The van der Waals surface area contributed by atoms with Crippen LogP contribution in [0.2, 0.25) is 0 Å². The highest BCUT2D eigenvalue weighted by Gasteiger charge is 2.17. The summed E-state index contributed by atoms with van der Waals surface area (Å²) in [5, 5.41) is 8.53. The number of amides is 1. The van der Waals surface area contributed by atoms with Crippen LogP contribution >= 0.6 is 22.7 Å². The van der Waals surface area contributed by atoms with Gasteiger partial charge in [-0.05, 0) is 47.5 Å². The standard InChI is InChI=1S/C27H28N2O3S2/c1-19(25-7-4-14-33-25)28-27(30)17-32-24-9-8-20(15-21(24)16-29-10-12-31-13-11-29)23-18-34-26-6-3-2-5-22(23)26/h2-9,14-15,18-19H,10-13,16-17H2,1H3,(H,28,30)/t19-/m0/s1. The molecule has 176 valence electrons. The summed E-state index contributed by atoms with van der Waals surface area (Å²) in [5.41, 5.74) is 3.50. The van der Waals surface area contributed by atoms with Gasteiger partial charge < -0.3 is 14.8 Å². The molecule has 1 aliphatic heterocycles. The van der Waals surface area contributed by atoms with Crippen molar-refractivity contribution in [3.63, 3.8) is 0 Å². The van der Waals surface area contributed by atoms with E-state index in [4.69, 9.17) is 9.47 Å². The lowest BCUT2D eigenvalue weighted by molar-refractivity contribution is -0.123. The van der Waals surface area contributed by atoms with Crippen molar-refractivity contribution in [2.75, 3.05) is 32.9 Å². The van der Waals surface area contributed by atoms with E-state index in [1.54, 1.807) is 22.7 Å². The van der Waals surface area contributed by atoms with Gasteiger partial charge in [0.15, 0.2) is 6.61 Å². The molecule has 0 bridgehead atoms. The molecule has 1 atom stereocenters. The molecule has 0 saturated carbocycles. The zero-order valence-corrected chi connectivity index (χ0v) is 20.8. The fraction of sp³-hybridized carbons (Fsp3) is 0.296. The van der Waals surface area contributed by atoms with Crippen molar-refractivity contribution in [2.45, 2.75) is 19.5 Å². The normalized spacial score (nSPS) is 15.3. The van der Waals surface area contributed by atoms with Crippen molar-refractivity contribution in [3.05, 3.63) is 75.8 Å². The van der Waals surface area contributed by atoms with Gasteiger partial charge in [0.25, 0.3) is 5.91 Å². The molecule has 2 aromatic heterocycles. The van der Waals surface area contributed by atoms with Crippen LogP contribution in [-0.2, 0) is 16.1 Å². The predicted octanol–water partition coefficient (Wildman–Crippen LogP) is 5.72. The summed E-state index contributed by atoms with van der Waals surface area (Å²) < 4.78 is 12.9. The van der Waals surface area contributed by atoms with Crippen LogP contribution in [0.1, 0.15) is 23.4 Å². The number of thiophene rings is 2. The molecule has 7 heteroatoms. The summed E-state index contributed by atoms with van der Waals surface area (Å²) in [5.74, 6) is 0.639. The summed E-state index contributed by atoms with van der Waals surface area (Å²) in [4.78, 5) is 16.1. The molecule has 1 aliphatic rings. The predicted molar refractivity (Wildman–Crippen MR) is 140 cm³/mol. The smallest absolute Gasteiger partial charge is 0.258 e. The molecule has 5 rings (SSSR count). The quantitative estimate of drug-likeness (QED) is 0.342. The second-order valence-corrected chi connectivity index (χ2v) is 10.3. The van der Waals surface area contributed by atoms with E-state index in [2.05, 4.69) is 52.0 Å². The molecule has 4 aromatic rings. The number of hydrogen-bond acceptors (Lipinski definition) is 6. The van der Waals surface area contributed by atoms with E-state index in [0.29, 0.717) is 0 Å². The molecule has 0 aliphatic carbocycles. The molecule has 5 nitrogen and oxygen atoms in total. The minimum atomic E-state index is -0.119. The number of nitrogens with zero attached hydrogens (tertiary/aromatic N) is 1. The van der Waals surface area contributed by atoms with Crippen molar-refractivity contribution in [1.82, 2.24) is 10.2 Å². The van der Waals surface area contributed by atoms with Gasteiger partial charge in [-0.1, -0.05) is 30.3 Å². The minimum absolute atomic E-state index is 0.00739. The van der Waals surface area contributed by atoms with Crippen molar-refractivity contribution < 1.29 is 14.3 Å². The Morgan fingerprint density at radius 2 is 1.97 bits per heavy atom. The molecule has 0 spiro atoms. The van der Waals surface area contributed by atoms with Crippen LogP contribution in [0.5, 0.6) is 5.75 Å². The van der Waals surface area contributed by atoms with Gasteiger partial charge in [-0.25, -0.2) is 0 Å². The average Bonchev–Trinajstić information content (AvgIpc) is 3.54. The first kappa shape index (κ1) is 23.1. The second kappa shape index (κ2) is 10.7. The first-order chi connectivity index (χ1) is 16.7. The van der Waals surface area contributed by atoms with E-state index in [1.807, 2.05) is 30.5 Å². The Morgan fingerprint density at radius 3 is 2.79 bits per heavy atom. The topological polar surface area (TPSA) is 50.8 Å². The molecule has 3 heterocycles. The summed E-state index contributed by atoms with van der Waals surface area (Å²) >= 11 is 3.40. The third-order valence-corrected chi connectivity index (χ3v) is 8.07. The third kappa shape index (κ3) is 5.33. The van der Waals surface area contributed by atoms with Crippen LogP contribution in [0.25, 0.3) is 21.2 Å². The molecule has 1 fully saturated rings. The average molecular weight is 493 g/mol. The van der Waals surface area contributed by atoms with Crippen molar-refractivity contribution in [3.8, 4) is 16.9 Å². The highest BCUT2D eigenvalue weighted by molar-refractivity contribution is 7.17. The Balaban J connectivity index is 1.35. The summed E-state index contributed by atoms with van der Waals surface area (Å²) in [7, 11) is 0. The van der Waals surface area contributed by atoms with E-state index in [-0.39, 0.29) is 18.6 Å². The maximum absolute atomic E-state index is 12.6. The second-order valence-electron chi connectivity index (χ2n) is 8.45. The maximum Gasteiger partial charge on any atom is 0.258 e. The first-order valence-electron chi connectivity index (χ1n) is 11.5. The number of carbonyl (C=O) groups is 1. The molecule has 2 aromatic carbocycles. The third-order valence-electron chi connectivity index (χ3n) is 6.06. The van der Waals surface area contributed by atoms with Crippen LogP contribution < -0.4 is 10.1 Å². The Hall–Kier alpha value is -2.71. The van der Waals surface area contributed by atoms with Gasteiger partial charge in [0.2, 0.25) is 0 Å². The summed E-state index contributed by atoms with van der Waals surface area (Å²) in [6.07, 6.45) is 0. The first-order valence-corrected chi connectivity index (χ1v) is 13.3. The van der Waals surface area contributed by atoms with E-state index >= 15 is 0 Å². The summed E-state index contributed by atoms with van der Waals surface area (Å²) in [6, 6.07) is 18.8. The molecule has 0 unspecified atom stereocenters. The van der Waals surface area contributed by atoms with E-state index in [9.17, 15) is 4.79 Å². The zero-order chi connectivity index (χ0) is 23.3. The molecule has 1 saturated heterocycles. The Kier molecular flexibility index (Phi) is 7.25. The Labute approximate surface area is 207 Å². The molecule has 0 radical (unpaired) electrons. The summed E-state index contributed by atoms with van der Waals surface area (Å²) in [6.45, 7) is 6.03. The minimum Gasteiger partial charge on any atom is -0.483 e. The van der Waals surface area contributed by atoms with Gasteiger partial charge in [-0.15, -0.1) is 22.7 Å².